The first-order valence-electron chi connectivity index (χ1n) is 11.0. The molecule has 0 rings (SSSR count). The lowest BCUT2D eigenvalue weighted by molar-refractivity contribution is -0.147. The van der Waals surface area contributed by atoms with Crippen LogP contribution >= 0.6 is 11.6 Å². The molecule has 0 radical (unpaired) electrons. The number of carboxylic acid groups (broad SMARTS) is 1. The van der Waals surface area contributed by atoms with E-state index in [0.29, 0.717) is 18.7 Å². The molecule has 0 amide bonds. The van der Waals surface area contributed by atoms with Crippen LogP contribution in [0.25, 0.3) is 0 Å². The van der Waals surface area contributed by atoms with E-state index >= 15 is 0 Å². The second-order valence-corrected chi connectivity index (χ2v) is 13.7. The van der Waals surface area contributed by atoms with Crippen LogP contribution in [0.1, 0.15) is 60.3 Å². The van der Waals surface area contributed by atoms with Crippen molar-refractivity contribution in [1.29, 1.82) is 0 Å². The second-order valence-electron chi connectivity index (χ2n) is 8.63. The maximum atomic E-state index is 13.7. The summed E-state index contributed by atoms with van der Waals surface area (Å²) < 4.78 is 6.70. The Kier molecular flexibility index (Phi) is 13.3. The van der Waals surface area contributed by atoms with Crippen molar-refractivity contribution in [3.8, 4) is 0 Å². The molecule has 0 saturated heterocycles. The quantitative estimate of drug-likeness (QED) is 0.128. The highest BCUT2D eigenvalue weighted by molar-refractivity contribution is 6.73. The van der Waals surface area contributed by atoms with Crippen LogP contribution in [0.3, 0.4) is 0 Å². The Hall–Kier alpha value is -0.733. The number of rotatable bonds is 17. The number of hydrogen-bond acceptors (Lipinski definition) is 5. The zero-order valence-electron chi connectivity index (χ0n) is 19.3. The Labute approximate surface area is 188 Å². The summed E-state index contributed by atoms with van der Waals surface area (Å²) in [6, 6.07) is 2.19. The maximum absolute atomic E-state index is 13.7. The molecule has 0 aromatic heterocycles. The van der Waals surface area contributed by atoms with E-state index in [0.717, 1.165) is 24.6 Å². The van der Waals surface area contributed by atoms with Gasteiger partial charge in [-0.3, -0.25) is 9.59 Å². The van der Waals surface area contributed by atoms with Crippen LogP contribution in [-0.4, -0.2) is 54.4 Å². The summed E-state index contributed by atoms with van der Waals surface area (Å²) in [5.74, 6) is -1.45. The Bertz CT molecular complexity index is 545. The number of hydrogen-bond donors (Lipinski definition) is 3. The number of carbonyl (C=O) groups excluding carboxylic acids is 1. The van der Waals surface area contributed by atoms with Crippen molar-refractivity contribution in [1.82, 2.24) is 0 Å². The van der Waals surface area contributed by atoms with Gasteiger partial charge in [-0.15, -0.1) is 18.2 Å². The highest BCUT2D eigenvalue weighted by Crippen LogP contribution is 2.35. The first-order valence-corrected chi connectivity index (χ1v) is 14.1. The summed E-state index contributed by atoms with van der Waals surface area (Å²) in [7, 11) is -2.09. The fraction of sp³-hybridized carbons (Fsp3) is 0.818. The van der Waals surface area contributed by atoms with Crippen LogP contribution in [0, 0.1) is 11.3 Å². The lowest BCUT2D eigenvalue weighted by Crippen LogP contribution is -2.54. The van der Waals surface area contributed by atoms with Crippen LogP contribution in [0.2, 0.25) is 18.1 Å². The molecule has 0 bridgehead atoms. The third-order valence-corrected chi connectivity index (χ3v) is 11.3. The van der Waals surface area contributed by atoms with E-state index in [1.807, 2.05) is 0 Å². The smallest absolute Gasteiger partial charge is 0.306 e. The molecule has 8 heteroatoms. The van der Waals surface area contributed by atoms with Crippen LogP contribution in [0.15, 0.2) is 12.7 Å². The number of aliphatic hydroxyl groups is 1. The predicted octanol–water partition coefficient (Wildman–Crippen LogP) is 4.35. The molecule has 0 heterocycles. The monoisotopic (exact) mass is 463 g/mol. The van der Waals surface area contributed by atoms with Crippen molar-refractivity contribution in [3.63, 3.8) is 0 Å². The van der Waals surface area contributed by atoms with Crippen molar-refractivity contribution < 1.29 is 24.2 Å². The van der Waals surface area contributed by atoms with Crippen molar-refractivity contribution in [2.75, 3.05) is 5.88 Å². The zero-order chi connectivity index (χ0) is 23.5. The van der Waals surface area contributed by atoms with Crippen molar-refractivity contribution >= 4 is 31.7 Å². The molecule has 0 saturated carbocycles. The molecule has 0 spiro atoms. The molecule has 6 nitrogen and oxygen atoms in total. The normalized spacial score (nSPS) is 16.5. The molecular formula is C22H42ClNO5Si. The Morgan fingerprint density at radius 1 is 1.20 bits per heavy atom. The van der Waals surface area contributed by atoms with E-state index in [-0.39, 0.29) is 5.78 Å². The largest absolute Gasteiger partial charge is 0.481 e. The summed E-state index contributed by atoms with van der Waals surface area (Å²) in [6.45, 7) is 13.3. The predicted molar refractivity (Wildman–Crippen MR) is 125 cm³/mol. The standard InChI is InChI=1S/C22H42ClNO5Si/c1-7-17(24)20(29-30(8-2,9-3)10-4)16(13-11-12-14-23)21(28)22(5,6)18(25)15-19(26)27/h7,16-18,20,25H,1,8-15,24H2,2-6H3,(H,26,27)/t16-,17+,18+,20?/m1/s1. The van der Waals surface area contributed by atoms with Gasteiger partial charge in [0.25, 0.3) is 0 Å². The van der Waals surface area contributed by atoms with E-state index in [1.165, 1.54) is 0 Å². The van der Waals surface area contributed by atoms with Gasteiger partial charge >= 0.3 is 5.97 Å². The summed E-state index contributed by atoms with van der Waals surface area (Å²) in [5.41, 5.74) is 5.13. The molecule has 4 atom stereocenters. The van der Waals surface area contributed by atoms with Gasteiger partial charge in [-0.2, -0.15) is 0 Å². The van der Waals surface area contributed by atoms with E-state index in [4.69, 9.17) is 26.9 Å². The topological polar surface area (TPSA) is 110 Å². The van der Waals surface area contributed by atoms with Crippen LogP contribution in [0.5, 0.6) is 0 Å². The number of carboxylic acids is 1. The average Bonchev–Trinajstić information content (AvgIpc) is 2.71. The second kappa shape index (κ2) is 13.6. The molecule has 0 fully saturated rings. The minimum Gasteiger partial charge on any atom is -0.481 e. The summed E-state index contributed by atoms with van der Waals surface area (Å²) >= 11 is 5.85. The highest BCUT2D eigenvalue weighted by atomic mass is 35.5. The number of unbranched alkanes of at least 4 members (excludes halogenated alkanes) is 1. The number of nitrogens with two attached hydrogens (primary N) is 1. The summed E-state index contributed by atoms with van der Waals surface area (Å²) in [5, 5.41) is 19.6. The van der Waals surface area contributed by atoms with Gasteiger partial charge in [0.1, 0.15) is 5.78 Å². The lowest BCUT2D eigenvalue weighted by Gasteiger charge is -2.41. The van der Waals surface area contributed by atoms with Crippen molar-refractivity contribution in [3.05, 3.63) is 12.7 Å². The van der Waals surface area contributed by atoms with Crippen LogP contribution in [0.4, 0.5) is 0 Å². The van der Waals surface area contributed by atoms with E-state index in [2.05, 4.69) is 27.4 Å². The molecule has 1 unspecified atom stereocenters. The minimum absolute atomic E-state index is 0.223. The molecule has 176 valence electrons. The van der Waals surface area contributed by atoms with E-state index in [9.17, 15) is 14.7 Å². The third-order valence-electron chi connectivity index (χ3n) is 6.44. The molecule has 0 aliphatic carbocycles. The number of halogens is 1. The van der Waals surface area contributed by atoms with Crippen molar-refractivity contribution in [2.45, 2.75) is 96.7 Å². The molecule has 4 N–H and O–H groups in total. The molecule has 0 aromatic carbocycles. The number of Topliss-reactive ketones (excluding diaryl/α,β-unsaturated/α-hetero) is 1. The molecular weight excluding hydrogens is 422 g/mol. The van der Waals surface area contributed by atoms with Crippen LogP contribution in [-0.2, 0) is 14.0 Å². The Morgan fingerprint density at radius 3 is 2.13 bits per heavy atom. The number of ketones is 1. The van der Waals surface area contributed by atoms with Gasteiger partial charge in [0, 0.05) is 17.8 Å². The lowest BCUT2D eigenvalue weighted by atomic mass is 9.72. The first kappa shape index (κ1) is 29.3. The van der Waals surface area contributed by atoms with Gasteiger partial charge in [0.2, 0.25) is 0 Å². The third kappa shape index (κ3) is 8.08. The Morgan fingerprint density at radius 2 is 1.73 bits per heavy atom. The number of aliphatic hydroxyl groups excluding tert-OH is 1. The first-order chi connectivity index (χ1) is 14.0. The minimum atomic E-state index is -2.09. The molecule has 0 aromatic rings. The van der Waals surface area contributed by atoms with Gasteiger partial charge in [-0.05, 0) is 31.0 Å². The Balaban J connectivity index is 6.12. The van der Waals surface area contributed by atoms with Crippen molar-refractivity contribution in [2.24, 2.45) is 17.1 Å². The van der Waals surface area contributed by atoms with E-state index < -0.39 is 50.3 Å². The molecule has 0 aliphatic rings. The van der Waals surface area contributed by atoms with Gasteiger partial charge < -0.3 is 20.4 Å². The fourth-order valence-corrected chi connectivity index (χ4v) is 6.91. The van der Waals surface area contributed by atoms with Gasteiger partial charge in [0.15, 0.2) is 8.32 Å². The summed E-state index contributed by atoms with van der Waals surface area (Å²) in [6.07, 6.45) is 1.22. The summed E-state index contributed by atoms with van der Waals surface area (Å²) in [4.78, 5) is 24.8. The number of carbonyl (C=O) groups is 2. The number of alkyl halides is 1. The average molecular weight is 464 g/mol. The van der Waals surface area contributed by atoms with Gasteiger partial charge in [-0.1, -0.05) is 47.1 Å². The SMILES string of the molecule is C=C[C@H](N)C(O[Si](CC)(CC)CC)[C@@H](CCCCCl)C(=O)C(C)(C)[C@@H](O)CC(=O)O. The van der Waals surface area contributed by atoms with Gasteiger partial charge in [0.05, 0.1) is 24.0 Å². The molecule has 0 aliphatic heterocycles. The van der Waals surface area contributed by atoms with Crippen LogP contribution < -0.4 is 5.73 Å². The highest BCUT2D eigenvalue weighted by Gasteiger charge is 2.46. The molecule has 30 heavy (non-hydrogen) atoms. The maximum Gasteiger partial charge on any atom is 0.306 e. The van der Waals surface area contributed by atoms with E-state index in [1.54, 1.807) is 19.9 Å². The van der Waals surface area contributed by atoms with Gasteiger partial charge in [-0.25, -0.2) is 0 Å². The fourth-order valence-electron chi connectivity index (χ4n) is 3.82. The number of aliphatic carboxylic acids is 1. The zero-order valence-corrected chi connectivity index (χ0v) is 21.1.